The van der Waals surface area contributed by atoms with Gasteiger partial charge in [0.25, 0.3) is 5.91 Å². The maximum absolute atomic E-state index is 12.7. The number of phenolic OH excluding ortho intramolecular Hbond substituents is 1. The van der Waals surface area contributed by atoms with Gasteiger partial charge < -0.3 is 25.9 Å². The molecule has 4 rings (SSSR count). The molecule has 0 aliphatic rings. The third kappa shape index (κ3) is 5.20. The summed E-state index contributed by atoms with van der Waals surface area (Å²) in [5, 5.41) is 26.2. The number of rotatable bonds is 6. The zero-order chi connectivity index (χ0) is 25.8. The average molecular weight is 502 g/mol. The SMILES string of the molecule is C[C@@H](N)C(=O)Nc1cccc(-c2cc(-c3ccc(Cl)cc3O)nc(NC(=O)c3ccco3)c2C#N)c1. The number of phenols is 1. The number of aromatic nitrogens is 1. The quantitative estimate of drug-likeness (QED) is 0.296. The number of amides is 2. The van der Waals surface area contributed by atoms with E-state index in [1.54, 1.807) is 55.5 Å². The van der Waals surface area contributed by atoms with Crippen molar-refractivity contribution < 1.29 is 19.1 Å². The van der Waals surface area contributed by atoms with E-state index in [9.17, 15) is 20.0 Å². The van der Waals surface area contributed by atoms with Crippen LogP contribution in [-0.2, 0) is 4.79 Å². The Labute approximate surface area is 211 Å². The second-order valence-electron chi connectivity index (χ2n) is 7.84. The number of hydrogen-bond donors (Lipinski definition) is 4. The zero-order valence-corrected chi connectivity index (χ0v) is 19.7. The van der Waals surface area contributed by atoms with E-state index >= 15 is 0 Å². The first-order valence-electron chi connectivity index (χ1n) is 10.7. The molecule has 180 valence electrons. The van der Waals surface area contributed by atoms with Crippen molar-refractivity contribution in [2.45, 2.75) is 13.0 Å². The molecule has 2 aromatic carbocycles. The van der Waals surface area contributed by atoms with E-state index in [0.717, 1.165) is 0 Å². The van der Waals surface area contributed by atoms with Gasteiger partial charge >= 0.3 is 0 Å². The molecule has 0 radical (unpaired) electrons. The number of nitrogens with one attached hydrogen (secondary N) is 2. The Kier molecular flexibility index (Phi) is 7.01. The normalized spacial score (nSPS) is 11.4. The number of nitrogens with two attached hydrogens (primary N) is 1. The van der Waals surface area contributed by atoms with E-state index in [2.05, 4.69) is 21.7 Å². The molecule has 2 amide bonds. The lowest BCUT2D eigenvalue weighted by molar-refractivity contribution is -0.117. The van der Waals surface area contributed by atoms with Crippen molar-refractivity contribution in [2.75, 3.05) is 10.6 Å². The van der Waals surface area contributed by atoms with Crippen molar-refractivity contribution in [2.24, 2.45) is 5.73 Å². The smallest absolute Gasteiger partial charge is 0.292 e. The van der Waals surface area contributed by atoms with Crippen LogP contribution in [0.2, 0.25) is 5.02 Å². The fourth-order valence-corrected chi connectivity index (χ4v) is 3.60. The van der Waals surface area contributed by atoms with Gasteiger partial charge in [0.1, 0.15) is 17.4 Å². The van der Waals surface area contributed by atoms with Crippen LogP contribution in [0.25, 0.3) is 22.4 Å². The van der Waals surface area contributed by atoms with Crippen LogP contribution in [0, 0.1) is 11.3 Å². The molecule has 0 fully saturated rings. The second kappa shape index (κ2) is 10.3. The maximum atomic E-state index is 12.7. The molecule has 0 bridgehead atoms. The summed E-state index contributed by atoms with van der Waals surface area (Å²) in [6.45, 7) is 1.56. The predicted molar refractivity (Wildman–Crippen MR) is 135 cm³/mol. The van der Waals surface area contributed by atoms with E-state index in [4.69, 9.17) is 21.8 Å². The average Bonchev–Trinajstić information content (AvgIpc) is 3.39. The Morgan fingerprint density at radius 3 is 2.58 bits per heavy atom. The number of carbonyl (C=O) groups excluding carboxylic acids is 2. The molecule has 0 aliphatic heterocycles. The van der Waals surface area contributed by atoms with Gasteiger partial charge in [0.05, 0.1) is 18.0 Å². The summed E-state index contributed by atoms with van der Waals surface area (Å²) in [6, 6.07) is 17.3. The molecule has 0 saturated carbocycles. The fraction of sp³-hybridized carbons (Fsp3) is 0.0769. The molecule has 0 spiro atoms. The summed E-state index contributed by atoms with van der Waals surface area (Å²) in [7, 11) is 0. The molecule has 4 aromatic rings. The Morgan fingerprint density at radius 2 is 1.92 bits per heavy atom. The molecular formula is C26H20ClN5O4. The third-order valence-electron chi connectivity index (χ3n) is 5.20. The number of anilines is 2. The van der Waals surface area contributed by atoms with Gasteiger partial charge in [-0.3, -0.25) is 9.59 Å². The maximum Gasteiger partial charge on any atom is 0.292 e. The number of furan rings is 1. The minimum atomic E-state index is -0.716. The summed E-state index contributed by atoms with van der Waals surface area (Å²) < 4.78 is 5.15. The minimum Gasteiger partial charge on any atom is -0.507 e. The van der Waals surface area contributed by atoms with Gasteiger partial charge in [0, 0.05) is 21.8 Å². The second-order valence-corrected chi connectivity index (χ2v) is 8.28. The molecule has 2 aromatic heterocycles. The standard InChI is InChI=1S/C26H20ClN5O4/c1-14(29)25(34)30-17-5-2-4-15(10-17)19-12-21(18-8-7-16(27)11-22(18)33)31-24(20(19)13-28)32-26(35)23-6-3-9-36-23/h2-12,14,33H,29H2,1H3,(H,30,34)(H,31,32,35)/t14-/m1/s1. The lowest BCUT2D eigenvalue weighted by atomic mass is 9.97. The van der Waals surface area contributed by atoms with Crippen LogP contribution < -0.4 is 16.4 Å². The van der Waals surface area contributed by atoms with Gasteiger partial charge in [-0.25, -0.2) is 4.98 Å². The molecule has 1 atom stereocenters. The summed E-state index contributed by atoms with van der Waals surface area (Å²) in [4.78, 5) is 29.2. The molecular weight excluding hydrogens is 482 g/mol. The molecule has 0 aliphatic carbocycles. The first kappa shape index (κ1) is 24.5. The molecule has 9 nitrogen and oxygen atoms in total. The van der Waals surface area contributed by atoms with Gasteiger partial charge in [-0.15, -0.1) is 0 Å². The van der Waals surface area contributed by atoms with Crippen molar-refractivity contribution in [3.05, 3.63) is 83.3 Å². The predicted octanol–water partition coefficient (Wildman–Crippen LogP) is 4.78. The number of pyridine rings is 1. The molecule has 0 unspecified atom stereocenters. The lowest BCUT2D eigenvalue weighted by Crippen LogP contribution is -2.32. The van der Waals surface area contributed by atoms with Crippen LogP contribution in [0.15, 0.2) is 71.3 Å². The Morgan fingerprint density at radius 1 is 1.11 bits per heavy atom. The van der Waals surface area contributed by atoms with E-state index in [1.165, 1.54) is 18.4 Å². The van der Waals surface area contributed by atoms with Crippen molar-refractivity contribution in [3.8, 4) is 34.2 Å². The van der Waals surface area contributed by atoms with Crippen LogP contribution >= 0.6 is 11.6 Å². The third-order valence-corrected chi connectivity index (χ3v) is 5.43. The van der Waals surface area contributed by atoms with Crippen LogP contribution in [0.1, 0.15) is 23.0 Å². The number of aromatic hydroxyl groups is 1. The van der Waals surface area contributed by atoms with Gasteiger partial charge in [0.15, 0.2) is 11.6 Å². The highest BCUT2D eigenvalue weighted by atomic mass is 35.5. The largest absolute Gasteiger partial charge is 0.507 e. The van der Waals surface area contributed by atoms with Crippen LogP contribution in [-0.4, -0.2) is 27.9 Å². The number of hydrogen-bond acceptors (Lipinski definition) is 7. The highest BCUT2D eigenvalue weighted by molar-refractivity contribution is 6.30. The first-order chi connectivity index (χ1) is 17.3. The van der Waals surface area contributed by atoms with Crippen LogP contribution in [0.4, 0.5) is 11.5 Å². The summed E-state index contributed by atoms with van der Waals surface area (Å²) >= 11 is 5.98. The van der Waals surface area contributed by atoms with Gasteiger partial charge in [-0.1, -0.05) is 23.7 Å². The van der Waals surface area contributed by atoms with E-state index < -0.39 is 11.9 Å². The number of benzene rings is 2. The van der Waals surface area contributed by atoms with Crippen LogP contribution in [0.3, 0.4) is 0 Å². The number of nitrogens with zero attached hydrogens (tertiary/aromatic N) is 2. The van der Waals surface area contributed by atoms with E-state index in [0.29, 0.717) is 27.4 Å². The van der Waals surface area contributed by atoms with E-state index in [-0.39, 0.29) is 34.5 Å². The molecule has 10 heteroatoms. The number of nitriles is 1. The topological polar surface area (TPSA) is 154 Å². The monoisotopic (exact) mass is 501 g/mol. The summed E-state index contributed by atoms with van der Waals surface area (Å²) in [5.41, 5.74) is 7.76. The summed E-state index contributed by atoms with van der Waals surface area (Å²) in [6.07, 6.45) is 1.35. The Hall–Kier alpha value is -4.65. The summed E-state index contributed by atoms with van der Waals surface area (Å²) in [5.74, 6) is -1.12. The lowest BCUT2D eigenvalue weighted by Gasteiger charge is -2.15. The molecule has 2 heterocycles. The highest BCUT2D eigenvalue weighted by Gasteiger charge is 2.20. The van der Waals surface area contributed by atoms with Gasteiger partial charge in [-0.2, -0.15) is 5.26 Å². The zero-order valence-electron chi connectivity index (χ0n) is 18.9. The molecule has 5 N–H and O–H groups in total. The minimum absolute atomic E-state index is 0.0302. The first-order valence-corrected chi connectivity index (χ1v) is 11.1. The highest BCUT2D eigenvalue weighted by Crippen LogP contribution is 2.37. The fourth-order valence-electron chi connectivity index (χ4n) is 3.43. The van der Waals surface area contributed by atoms with Crippen molar-refractivity contribution >= 4 is 34.9 Å². The molecule has 0 saturated heterocycles. The Balaban J connectivity index is 1.88. The van der Waals surface area contributed by atoms with Gasteiger partial charge in [0.2, 0.25) is 5.91 Å². The Bertz CT molecular complexity index is 1490. The number of halogens is 1. The van der Waals surface area contributed by atoms with Crippen molar-refractivity contribution in [1.29, 1.82) is 5.26 Å². The molecule has 36 heavy (non-hydrogen) atoms. The van der Waals surface area contributed by atoms with E-state index in [1.807, 2.05) is 0 Å². The number of carbonyl (C=O) groups is 2. The van der Waals surface area contributed by atoms with Crippen molar-refractivity contribution in [1.82, 2.24) is 4.98 Å². The van der Waals surface area contributed by atoms with Crippen molar-refractivity contribution in [3.63, 3.8) is 0 Å². The van der Waals surface area contributed by atoms with Crippen LogP contribution in [0.5, 0.6) is 5.75 Å². The van der Waals surface area contributed by atoms with Gasteiger partial charge in [-0.05, 0) is 61.0 Å².